The lowest BCUT2D eigenvalue weighted by molar-refractivity contribution is -0.141. The van der Waals surface area contributed by atoms with Gasteiger partial charge in [0.15, 0.2) is 0 Å². The Morgan fingerprint density at radius 3 is 2.79 bits per heavy atom. The normalized spacial score (nSPS) is 18.1. The molecule has 1 aliphatic rings. The Morgan fingerprint density at radius 2 is 2.21 bits per heavy atom. The van der Waals surface area contributed by atoms with Crippen LogP contribution in [0, 0.1) is 18.2 Å². The van der Waals surface area contributed by atoms with Crippen molar-refractivity contribution in [2.75, 3.05) is 6.54 Å². The smallest absolute Gasteiger partial charge is 0.326 e. The lowest BCUT2D eigenvalue weighted by Crippen LogP contribution is -2.40. The van der Waals surface area contributed by atoms with Crippen molar-refractivity contribution in [3.8, 4) is 12.3 Å². The Hall–Kier alpha value is -2.35. The molecular weight excluding hydrogens is 249 g/mol. The molecule has 2 rings (SSSR count). The maximum atomic E-state index is 13.5. The molecule has 98 valence electrons. The van der Waals surface area contributed by atoms with E-state index < -0.39 is 23.7 Å². The number of likely N-dealkylation sites (tertiary alicyclic amines) is 1. The summed E-state index contributed by atoms with van der Waals surface area (Å²) in [5.74, 6) is -0.00427. The Labute approximate surface area is 109 Å². The summed E-state index contributed by atoms with van der Waals surface area (Å²) in [6.07, 6.45) is 6.15. The van der Waals surface area contributed by atoms with Gasteiger partial charge < -0.3 is 10.0 Å². The molecule has 1 fully saturated rings. The molecule has 1 saturated heterocycles. The summed E-state index contributed by atoms with van der Waals surface area (Å²) in [5, 5.41) is 9.02. The fraction of sp³-hybridized carbons (Fsp3) is 0.286. The average Bonchev–Trinajstić information content (AvgIpc) is 2.87. The van der Waals surface area contributed by atoms with Crippen molar-refractivity contribution in [1.29, 1.82) is 0 Å². The highest BCUT2D eigenvalue weighted by Crippen LogP contribution is 2.21. The predicted octanol–water partition coefficient (Wildman–Crippen LogP) is 1.50. The van der Waals surface area contributed by atoms with E-state index in [4.69, 9.17) is 11.5 Å². The van der Waals surface area contributed by atoms with Gasteiger partial charge in [-0.3, -0.25) is 4.79 Å². The third-order valence-corrected chi connectivity index (χ3v) is 3.17. The number of carbonyl (C=O) groups excluding carboxylic acids is 1. The molecule has 1 aliphatic heterocycles. The fourth-order valence-electron chi connectivity index (χ4n) is 2.20. The second kappa shape index (κ2) is 5.11. The molecular formula is C14H12FNO3. The zero-order valence-corrected chi connectivity index (χ0v) is 10.1. The van der Waals surface area contributed by atoms with Gasteiger partial charge in [-0.2, -0.15) is 0 Å². The Morgan fingerprint density at radius 1 is 1.47 bits per heavy atom. The summed E-state index contributed by atoms with van der Waals surface area (Å²) < 4.78 is 13.5. The summed E-state index contributed by atoms with van der Waals surface area (Å²) in [6.45, 7) is 0.369. The molecule has 0 unspecified atom stereocenters. The number of carbonyl (C=O) groups is 2. The van der Waals surface area contributed by atoms with E-state index in [-0.39, 0.29) is 11.1 Å². The van der Waals surface area contributed by atoms with Gasteiger partial charge in [0.05, 0.1) is 5.56 Å². The van der Waals surface area contributed by atoms with Gasteiger partial charge >= 0.3 is 5.97 Å². The van der Waals surface area contributed by atoms with Gasteiger partial charge in [-0.05, 0) is 31.0 Å². The number of rotatable bonds is 2. The molecule has 4 nitrogen and oxygen atoms in total. The molecule has 5 heteroatoms. The Bertz CT molecular complexity index is 577. The molecule has 1 N–H and O–H groups in total. The highest BCUT2D eigenvalue weighted by molar-refractivity contribution is 5.97. The summed E-state index contributed by atoms with van der Waals surface area (Å²) in [7, 11) is 0. The fourth-order valence-corrected chi connectivity index (χ4v) is 2.20. The van der Waals surface area contributed by atoms with Crippen LogP contribution in [0.5, 0.6) is 0 Å². The minimum atomic E-state index is -1.04. The van der Waals surface area contributed by atoms with Crippen molar-refractivity contribution in [1.82, 2.24) is 4.90 Å². The van der Waals surface area contributed by atoms with Crippen LogP contribution in [0.25, 0.3) is 0 Å². The van der Waals surface area contributed by atoms with E-state index in [1.807, 2.05) is 0 Å². The third-order valence-electron chi connectivity index (χ3n) is 3.17. The maximum absolute atomic E-state index is 13.5. The highest BCUT2D eigenvalue weighted by atomic mass is 19.1. The Balaban J connectivity index is 2.27. The molecule has 1 aromatic carbocycles. The molecule has 1 amide bonds. The minimum Gasteiger partial charge on any atom is -0.480 e. The third kappa shape index (κ3) is 2.43. The van der Waals surface area contributed by atoms with E-state index in [1.54, 1.807) is 0 Å². The quantitative estimate of drug-likeness (QED) is 0.821. The topological polar surface area (TPSA) is 57.6 Å². The van der Waals surface area contributed by atoms with Gasteiger partial charge in [-0.15, -0.1) is 6.42 Å². The summed E-state index contributed by atoms with van der Waals surface area (Å²) in [6, 6.07) is 2.98. The van der Waals surface area contributed by atoms with Crippen molar-refractivity contribution in [2.24, 2.45) is 0 Å². The molecule has 0 radical (unpaired) electrons. The van der Waals surface area contributed by atoms with Gasteiger partial charge in [0.25, 0.3) is 5.91 Å². The summed E-state index contributed by atoms with van der Waals surface area (Å²) in [4.78, 5) is 24.4. The number of benzene rings is 1. The van der Waals surface area contributed by atoms with E-state index in [1.165, 1.54) is 17.0 Å². The standard InChI is InChI=1S/C14H12FNO3/c1-2-9-5-6-10(8-11(9)15)13(17)16-7-3-4-12(16)14(18)19/h1,5-6,8,12H,3-4,7H2,(H,18,19)/t12-/m1/s1. The molecule has 0 spiro atoms. The van der Waals surface area contributed by atoms with Crippen LogP contribution < -0.4 is 0 Å². The number of halogens is 1. The summed E-state index contributed by atoms with van der Waals surface area (Å²) in [5.41, 5.74) is 0.192. The van der Waals surface area contributed by atoms with Crippen LogP contribution >= 0.6 is 0 Å². The second-order valence-electron chi connectivity index (χ2n) is 4.33. The van der Waals surface area contributed by atoms with E-state index in [0.717, 1.165) is 6.07 Å². The highest BCUT2D eigenvalue weighted by Gasteiger charge is 2.34. The number of amides is 1. The molecule has 1 aromatic rings. The van der Waals surface area contributed by atoms with E-state index in [0.29, 0.717) is 19.4 Å². The molecule has 19 heavy (non-hydrogen) atoms. The van der Waals surface area contributed by atoms with Gasteiger partial charge in [0.1, 0.15) is 11.9 Å². The Kier molecular flexibility index (Phi) is 3.52. The molecule has 0 bridgehead atoms. The largest absolute Gasteiger partial charge is 0.480 e. The molecule has 1 atom stereocenters. The zero-order valence-electron chi connectivity index (χ0n) is 10.1. The van der Waals surface area contributed by atoms with Crippen LogP contribution in [-0.4, -0.2) is 34.5 Å². The van der Waals surface area contributed by atoms with Crippen LogP contribution in [0.2, 0.25) is 0 Å². The van der Waals surface area contributed by atoms with Crippen molar-refractivity contribution in [2.45, 2.75) is 18.9 Å². The lowest BCUT2D eigenvalue weighted by atomic mass is 10.1. The lowest BCUT2D eigenvalue weighted by Gasteiger charge is -2.21. The first kappa shape index (κ1) is 13.1. The molecule has 0 aromatic heterocycles. The number of carboxylic acids is 1. The minimum absolute atomic E-state index is 0.0766. The van der Waals surface area contributed by atoms with Crippen LogP contribution in [0.15, 0.2) is 18.2 Å². The maximum Gasteiger partial charge on any atom is 0.326 e. The van der Waals surface area contributed by atoms with Gasteiger partial charge in [0, 0.05) is 12.1 Å². The number of aliphatic carboxylic acids is 1. The van der Waals surface area contributed by atoms with Gasteiger partial charge in [-0.1, -0.05) is 5.92 Å². The first-order chi connectivity index (χ1) is 9.04. The van der Waals surface area contributed by atoms with Crippen molar-refractivity contribution < 1.29 is 19.1 Å². The van der Waals surface area contributed by atoms with Gasteiger partial charge in [0.2, 0.25) is 0 Å². The first-order valence-corrected chi connectivity index (χ1v) is 5.84. The first-order valence-electron chi connectivity index (χ1n) is 5.84. The van der Waals surface area contributed by atoms with Crippen molar-refractivity contribution in [3.05, 3.63) is 35.1 Å². The number of hydrogen-bond acceptors (Lipinski definition) is 2. The van der Waals surface area contributed by atoms with Crippen molar-refractivity contribution in [3.63, 3.8) is 0 Å². The SMILES string of the molecule is C#Cc1ccc(C(=O)N2CCC[C@@H]2C(=O)O)cc1F. The molecule has 0 saturated carbocycles. The number of nitrogens with zero attached hydrogens (tertiary/aromatic N) is 1. The number of terminal acetylenes is 1. The summed E-state index contributed by atoms with van der Waals surface area (Å²) >= 11 is 0. The van der Waals surface area contributed by atoms with Crippen LogP contribution in [0.4, 0.5) is 4.39 Å². The average molecular weight is 261 g/mol. The number of carboxylic acid groups (broad SMARTS) is 1. The van der Waals surface area contributed by atoms with E-state index >= 15 is 0 Å². The van der Waals surface area contributed by atoms with Crippen LogP contribution in [0.1, 0.15) is 28.8 Å². The van der Waals surface area contributed by atoms with Crippen LogP contribution in [0.3, 0.4) is 0 Å². The van der Waals surface area contributed by atoms with Crippen molar-refractivity contribution >= 4 is 11.9 Å². The number of hydrogen-bond donors (Lipinski definition) is 1. The molecule has 0 aliphatic carbocycles. The monoisotopic (exact) mass is 261 g/mol. The van der Waals surface area contributed by atoms with Gasteiger partial charge in [-0.25, -0.2) is 9.18 Å². The van der Waals surface area contributed by atoms with E-state index in [9.17, 15) is 14.0 Å². The second-order valence-corrected chi connectivity index (χ2v) is 4.33. The van der Waals surface area contributed by atoms with Crippen LogP contribution in [-0.2, 0) is 4.79 Å². The van der Waals surface area contributed by atoms with E-state index in [2.05, 4.69) is 5.92 Å². The molecule has 1 heterocycles. The predicted molar refractivity (Wildman–Crippen MR) is 66.0 cm³/mol. The zero-order chi connectivity index (χ0) is 14.0.